The maximum Gasteiger partial charge on any atom is 0.299 e. The van der Waals surface area contributed by atoms with E-state index in [4.69, 9.17) is 0 Å². The molecule has 1 atom stereocenters. The molecular formula is C18H22N6O4. The lowest BCUT2D eigenvalue weighted by atomic mass is 9.96. The minimum Gasteiger partial charge on any atom is -0.365 e. The molecule has 10 nitrogen and oxygen atoms in total. The van der Waals surface area contributed by atoms with Gasteiger partial charge in [-0.1, -0.05) is 6.42 Å². The van der Waals surface area contributed by atoms with Crippen LogP contribution in [0.2, 0.25) is 0 Å². The van der Waals surface area contributed by atoms with E-state index < -0.39 is 9.85 Å². The van der Waals surface area contributed by atoms with Gasteiger partial charge in [0.1, 0.15) is 17.3 Å². The van der Waals surface area contributed by atoms with E-state index in [1.807, 2.05) is 4.90 Å². The van der Waals surface area contributed by atoms with E-state index in [2.05, 4.69) is 14.8 Å². The smallest absolute Gasteiger partial charge is 0.299 e. The lowest BCUT2D eigenvalue weighted by molar-refractivity contribution is -0.393. The van der Waals surface area contributed by atoms with Crippen molar-refractivity contribution in [2.24, 2.45) is 0 Å². The zero-order valence-electron chi connectivity index (χ0n) is 15.5. The minimum absolute atomic E-state index is 0.142. The monoisotopic (exact) mass is 386 g/mol. The Kier molecular flexibility index (Phi) is 4.93. The molecule has 148 valence electrons. The van der Waals surface area contributed by atoms with Gasteiger partial charge in [-0.25, -0.2) is 0 Å². The second-order valence-corrected chi connectivity index (χ2v) is 7.41. The summed E-state index contributed by atoms with van der Waals surface area (Å²) in [7, 11) is 0. The van der Waals surface area contributed by atoms with Crippen LogP contribution in [0.1, 0.15) is 49.7 Å². The molecule has 0 bridgehead atoms. The minimum atomic E-state index is -0.610. The summed E-state index contributed by atoms with van der Waals surface area (Å²) in [6.07, 6.45) is 6.20. The molecule has 1 aromatic carbocycles. The third-order valence-electron chi connectivity index (χ3n) is 5.63. The van der Waals surface area contributed by atoms with Gasteiger partial charge < -0.3 is 9.47 Å². The maximum absolute atomic E-state index is 11.5. The average Bonchev–Trinajstić information content (AvgIpc) is 2.96. The molecule has 2 aliphatic rings. The second kappa shape index (κ2) is 7.53. The predicted molar refractivity (Wildman–Crippen MR) is 102 cm³/mol. The molecule has 2 aromatic rings. The van der Waals surface area contributed by atoms with E-state index in [0.29, 0.717) is 18.8 Å². The van der Waals surface area contributed by atoms with Gasteiger partial charge in [-0.15, -0.1) is 10.2 Å². The first-order chi connectivity index (χ1) is 13.5. The zero-order chi connectivity index (χ0) is 19.7. The molecule has 10 heteroatoms. The fraction of sp³-hybridized carbons (Fsp3) is 0.556. The van der Waals surface area contributed by atoms with Crippen molar-refractivity contribution in [2.45, 2.75) is 51.0 Å². The summed E-state index contributed by atoms with van der Waals surface area (Å²) >= 11 is 0. The molecule has 0 radical (unpaired) electrons. The Bertz CT molecular complexity index is 911. The summed E-state index contributed by atoms with van der Waals surface area (Å²) in [6.45, 7) is 2.19. The lowest BCUT2D eigenvalue weighted by Gasteiger charge is -2.33. The van der Waals surface area contributed by atoms with Gasteiger partial charge in [0.2, 0.25) is 0 Å². The molecule has 3 heterocycles. The van der Waals surface area contributed by atoms with E-state index in [-0.39, 0.29) is 17.3 Å². The van der Waals surface area contributed by atoms with Crippen molar-refractivity contribution in [3.8, 4) is 0 Å². The third kappa shape index (κ3) is 3.41. The molecule has 2 aliphatic heterocycles. The van der Waals surface area contributed by atoms with Crippen LogP contribution in [0.15, 0.2) is 18.2 Å². The number of benzene rings is 1. The topological polar surface area (TPSA) is 120 Å². The summed E-state index contributed by atoms with van der Waals surface area (Å²) in [6, 6.07) is 3.86. The molecule has 0 amide bonds. The zero-order valence-corrected chi connectivity index (χ0v) is 15.5. The molecular weight excluding hydrogens is 364 g/mol. The van der Waals surface area contributed by atoms with Gasteiger partial charge in [0.05, 0.1) is 15.9 Å². The highest BCUT2D eigenvalue weighted by molar-refractivity contribution is 5.67. The third-order valence-corrected chi connectivity index (χ3v) is 5.63. The Balaban J connectivity index is 1.62. The number of nitrogens with zero attached hydrogens (tertiary/aromatic N) is 6. The number of aryl methyl sites for hydroxylation is 1. The number of piperidine rings is 1. The standard InChI is InChI=1S/C18H22N6O4/c25-23(26)14-7-8-15(16(11-14)24(27)28)21-9-4-5-13(12-21)18-20-19-17-6-2-1-3-10-22(17)18/h7-8,11,13H,1-6,9-10,12H2/t13-/m0/s1. The Morgan fingerprint density at radius 2 is 1.86 bits per heavy atom. The molecule has 0 N–H and O–H groups in total. The number of hydrogen-bond donors (Lipinski definition) is 0. The lowest BCUT2D eigenvalue weighted by Crippen LogP contribution is -2.35. The number of hydrogen-bond acceptors (Lipinski definition) is 7. The highest BCUT2D eigenvalue weighted by Crippen LogP contribution is 2.36. The van der Waals surface area contributed by atoms with Crippen molar-refractivity contribution in [1.29, 1.82) is 0 Å². The fourth-order valence-corrected chi connectivity index (χ4v) is 4.26. The van der Waals surface area contributed by atoms with Gasteiger partial charge in [0.25, 0.3) is 11.4 Å². The Hall–Kier alpha value is -3.04. The number of anilines is 1. The Morgan fingerprint density at radius 1 is 1.00 bits per heavy atom. The maximum atomic E-state index is 11.5. The second-order valence-electron chi connectivity index (χ2n) is 7.41. The van der Waals surface area contributed by atoms with Crippen molar-refractivity contribution >= 4 is 17.1 Å². The quantitative estimate of drug-likeness (QED) is 0.584. The first kappa shape index (κ1) is 18.3. The molecule has 1 saturated heterocycles. The Labute approximate surface area is 161 Å². The molecule has 1 fully saturated rings. The van der Waals surface area contributed by atoms with Gasteiger partial charge in [-0.05, 0) is 31.7 Å². The van der Waals surface area contributed by atoms with E-state index in [0.717, 1.165) is 56.4 Å². The Morgan fingerprint density at radius 3 is 2.64 bits per heavy atom. The normalized spacial score (nSPS) is 19.7. The number of nitro benzene ring substituents is 2. The van der Waals surface area contributed by atoms with Crippen LogP contribution in [0.5, 0.6) is 0 Å². The summed E-state index contributed by atoms with van der Waals surface area (Å²) < 4.78 is 2.23. The van der Waals surface area contributed by atoms with Crippen LogP contribution in [0.25, 0.3) is 0 Å². The van der Waals surface area contributed by atoms with Gasteiger partial charge in [-0.3, -0.25) is 20.2 Å². The first-order valence-electron chi connectivity index (χ1n) is 9.64. The first-order valence-corrected chi connectivity index (χ1v) is 9.64. The van der Waals surface area contributed by atoms with Crippen LogP contribution in [0, 0.1) is 20.2 Å². The average molecular weight is 386 g/mol. The number of non-ortho nitro benzene ring substituents is 1. The van der Waals surface area contributed by atoms with Crippen molar-refractivity contribution in [2.75, 3.05) is 18.0 Å². The number of rotatable bonds is 4. The van der Waals surface area contributed by atoms with Gasteiger partial charge in [0, 0.05) is 38.0 Å². The van der Waals surface area contributed by atoms with Crippen molar-refractivity contribution in [3.63, 3.8) is 0 Å². The van der Waals surface area contributed by atoms with E-state index in [1.165, 1.54) is 18.6 Å². The van der Waals surface area contributed by atoms with Crippen LogP contribution in [-0.4, -0.2) is 37.7 Å². The van der Waals surface area contributed by atoms with E-state index >= 15 is 0 Å². The van der Waals surface area contributed by atoms with Crippen molar-refractivity contribution < 1.29 is 9.85 Å². The SMILES string of the molecule is O=[N+]([O-])c1ccc(N2CCC[C@H](c3nnc4n3CCCCC4)C2)c([N+](=O)[O-])c1. The van der Waals surface area contributed by atoms with Crippen molar-refractivity contribution in [3.05, 3.63) is 50.1 Å². The molecule has 0 aliphatic carbocycles. The predicted octanol–water partition coefficient (Wildman–Crippen LogP) is 3.20. The van der Waals surface area contributed by atoms with Crippen LogP contribution in [-0.2, 0) is 13.0 Å². The molecule has 28 heavy (non-hydrogen) atoms. The highest BCUT2D eigenvalue weighted by Gasteiger charge is 2.31. The summed E-state index contributed by atoms with van der Waals surface area (Å²) in [5.74, 6) is 2.14. The molecule has 1 aromatic heterocycles. The van der Waals surface area contributed by atoms with Gasteiger partial charge >= 0.3 is 0 Å². The molecule has 0 spiro atoms. The summed E-state index contributed by atoms with van der Waals surface area (Å²) in [5.41, 5.74) is -0.0717. The van der Waals surface area contributed by atoms with E-state index in [9.17, 15) is 20.2 Å². The largest absolute Gasteiger partial charge is 0.365 e. The highest BCUT2D eigenvalue weighted by atomic mass is 16.6. The fourth-order valence-electron chi connectivity index (χ4n) is 4.26. The van der Waals surface area contributed by atoms with Crippen LogP contribution >= 0.6 is 0 Å². The number of fused-ring (bicyclic) bond motifs is 1. The van der Waals surface area contributed by atoms with Crippen LogP contribution in [0.4, 0.5) is 17.1 Å². The van der Waals surface area contributed by atoms with Crippen LogP contribution in [0.3, 0.4) is 0 Å². The number of nitro groups is 2. The summed E-state index contributed by atoms with van der Waals surface area (Å²) in [4.78, 5) is 23.3. The molecule has 4 rings (SSSR count). The van der Waals surface area contributed by atoms with E-state index in [1.54, 1.807) is 0 Å². The molecule has 0 unspecified atom stereocenters. The van der Waals surface area contributed by atoms with Crippen molar-refractivity contribution in [1.82, 2.24) is 14.8 Å². The molecule has 0 saturated carbocycles. The number of aromatic nitrogens is 3. The van der Waals surface area contributed by atoms with Gasteiger partial charge in [-0.2, -0.15) is 0 Å². The summed E-state index contributed by atoms with van der Waals surface area (Å²) in [5, 5.41) is 31.3. The van der Waals surface area contributed by atoms with Gasteiger partial charge in [0.15, 0.2) is 0 Å². The van der Waals surface area contributed by atoms with Crippen LogP contribution < -0.4 is 4.90 Å².